The summed E-state index contributed by atoms with van der Waals surface area (Å²) >= 11 is 0. The molecule has 0 N–H and O–H groups in total. The Bertz CT molecular complexity index is 553. The zero-order valence-electron chi connectivity index (χ0n) is 7.34. The van der Waals surface area contributed by atoms with Crippen LogP contribution in [0.5, 0.6) is 0 Å². The molecule has 3 rings (SSSR count). The van der Waals surface area contributed by atoms with E-state index in [1.807, 2.05) is 16.8 Å². The molecule has 0 atom stereocenters. The van der Waals surface area contributed by atoms with Crippen molar-refractivity contribution in [3.8, 4) is 0 Å². The minimum atomic E-state index is 0.112. The number of carbonyl (C=O) groups excluding carboxylic acids is 1. The van der Waals surface area contributed by atoms with Gasteiger partial charge in [0.25, 0.3) is 0 Å². The number of Topliss-reactive ketones (excluding diaryl/α,β-unsaturated/α-hetero) is 1. The maximum Gasteiger partial charge on any atom is 0.170 e. The number of nitrogens with zero attached hydrogens (tertiary/aromatic N) is 3. The van der Waals surface area contributed by atoms with Crippen LogP contribution in [0.2, 0.25) is 0 Å². The lowest BCUT2D eigenvalue weighted by Gasteiger charge is -2.08. The van der Waals surface area contributed by atoms with E-state index in [0.717, 1.165) is 5.65 Å². The summed E-state index contributed by atoms with van der Waals surface area (Å²) in [5, 5.41) is 0. The molecule has 14 heavy (non-hydrogen) atoms. The number of imidazole rings is 1. The number of carbonyl (C=O) groups is 1. The van der Waals surface area contributed by atoms with E-state index in [2.05, 4.69) is 9.98 Å². The van der Waals surface area contributed by atoms with Gasteiger partial charge in [0.15, 0.2) is 11.4 Å². The third-order valence-corrected chi connectivity index (χ3v) is 2.33. The van der Waals surface area contributed by atoms with Gasteiger partial charge >= 0.3 is 0 Å². The first-order valence-corrected chi connectivity index (χ1v) is 4.37. The van der Waals surface area contributed by atoms with Gasteiger partial charge in [-0.25, -0.2) is 4.98 Å². The Morgan fingerprint density at radius 2 is 2.29 bits per heavy atom. The van der Waals surface area contributed by atoms with Gasteiger partial charge in [-0.15, -0.1) is 0 Å². The molecule has 0 fully saturated rings. The van der Waals surface area contributed by atoms with Crippen LogP contribution in [-0.4, -0.2) is 21.4 Å². The zero-order chi connectivity index (χ0) is 9.54. The second-order valence-electron chi connectivity index (χ2n) is 3.18. The molecule has 0 aliphatic carbocycles. The van der Waals surface area contributed by atoms with E-state index < -0.39 is 0 Å². The van der Waals surface area contributed by atoms with E-state index in [9.17, 15) is 4.79 Å². The van der Waals surface area contributed by atoms with Gasteiger partial charge in [-0.2, -0.15) is 0 Å². The summed E-state index contributed by atoms with van der Waals surface area (Å²) in [6.45, 7) is 0. The summed E-state index contributed by atoms with van der Waals surface area (Å²) in [6.07, 6.45) is 7.40. The third-order valence-electron chi connectivity index (χ3n) is 2.33. The second kappa shape index (κ2) is 2.51. The lowest BCUT2D eigenvalue weighted by Crippen LogP contribution is -2.05. The van der Waals surface area contributed by atoms with E-state index >= 15 is 0 Å². The minimum absolute atomic E-state index is 0.112. The van der Waals surface area contributed by atoms with Crippen molar-refractivity contribution < 1.29 is 4.79 Å². The standard InChI is InChI=1S/C10H7N3O/c14-8-1-3-11-9-7(8)2-5-13-6-4-12-10(9)13/h2-6H,1H2. The monoisotopic (exact) mass is 185 g/mol. The van der Waals surface area contributed by atoms with Crippen molar-refractivity contribution in [1.29, 1.82) is 0 Å². The van der Waals surface area contributed by atoms with Gasteiger partial charge in [0.1, 0.15) is 5.69 Å². The fourth-order valence-electron chi connectivity index (χ4n) is 1.65. The van der Waals surface area contributed by atoms with E-state index in [4.69, 9.17) is 0 Å². The van der Waals surface area contributed by atoms with E-state index in [1.165, 1.54) is 0 Å². The predicted octanol–water partition coefficient (Wildman–Crippen LogP) is 1.62. The molecule has 2 aromatic heterocycles. The normalized spacial score (nSPS) is 14.7. The second-order valence-corrected chi connectivity index (χ2v) is 3.18. The Balaban J connectivity index is 2.45. The maximum absolute atomic E-state index is 11.5. The van der Waals surface area contributed by atoms with Crippen LogP contribution in [0.4, 0.5) is 5.69 Å². The summed E-state index contributed by atoms with van der Waals surface area (Å²) in [5.74, 6) is 0.112. The van der Waals surface area contributed by atoms with Crippen molar-refractivity contribution in [3.63, 3.8) is 0 Å². The van der Waals surface area contributed by atoms with Crippen LogP contribution in [0.15, 0.2) is 29.6 Å². The van der Waals surface area contributed by atoms with Gasteiger partial charge in [-0.3, -0.25) is 9.79 Å². The van der Waals surface area contributed by atoms with Crippen molar-refractivity contribution in [2.45, 2.75) is 6.42 Å². The van der Waals surface area contributed by atoms with Gasteiger partial charge in [0, 0.05) is 36.8 Å². The van der Waals surface area contributed by atoms with Crippen molar-refractivity contribution >= 4 is 23.3 Å². The number of hydrogen-bond donors (Lipinski definition) is 0. The molecule has 0 spiro atoms. The van der Waals surface area contributed by atoms with Crippen LogP contribution < -0.4 is 0 Å². The van der Waals surface area contributed by atoms with Gasteiger partial charge in [-0.1, -0.05) is 0 Å². The first-order chi connectivity index (χ1) is 6.86. The minimum Gasteiger partial charge on any atom is -0.305 e. The highest BCUT2D eigenvalue weighted by Gasteiger charge is 2.17. The van der Waals surface area contributed by atoms with Crippen LogP contribution in [0.3, 0.4) is 0 Å². The van der Waals surface area contributed by atoms with Gasteiger partial charge < -0.3 is 4.40 Å². The van der Waals surface area contributed by atoms with Crippen LogP contribution in [0.25, 0.3) is 5.65 Å². The first kappa shape index (κ1) is 7.44. The molecule has 68 valence electrons. The van der Waals surface area contributed by atoms with Gasteiger partial charge in [-0.05, 0) is 6.07 Å². The van der Waals surface area contributed by atoms with Crippen LogP contribution in [0.1, 0.15) is 16.8 Å². The molecule has 2 aromatic rings. The highest BCUT2D eigenvalue weighted by molar-refractivity contribution is 6.11. The van der Waals surface area contributed by atoms with E-state index in [0.29, 0.717) is 17.7 Å². The Morgan fingerprint density at radius 1 is 1.36 bits per heavy atom. The molecule has 0 unspecified atom stereocenters. The molecule has 0 radical (unpaired) electrons. The molecular weight excluding hydrogens is 178 g/mol. The largest absolute Gasteiger partial charge is 0.305 e. The van der Waals surface area contributed by atoms with Crippen molar-refractivity contribution in [3.05, 3.63) is 30.2 Å². The molecule has 4 heteroatoms. The smallest absolute Gasteiger partial charge is 0.170 e. The molecule has 0 saturated heterocycles. The molecule has 1 aliphatic rings. The summed E-state index contributed by atoms with van der Waals surface area (Å²) < 4.78 is 1.86. The highest BCUT2D eigenvalue weighted by atomic mass is 16.1. The first-order valence-electron chi connectivity index (χ1n) is 4.37. The Hall–Kier alpha value is -1.97. The Kier molecular flexibility index (Phi) is 1.33. The summed E-state index contributed by atoms with van der Waals surface area (Å²) in [4.78, 5) is 19.9. The Labute approximate surface area is 79.9 Å². The van der Waals surface area contributed by atoms with Crippen molar-refractivity contribution in [2.24, 2.45) is 4.99 Å². The number of rotatable bonds is 0. The predicted molar refractivity (Wildman–Crippen MR) is 52.3 cm³/mol. The van der Waals surface area contributed by atoms with Crippen LogP contribution in [-0.2, 0) is 0 Å². The van der Waals surface area contributed by atoms with Gasteiger partial charge in [0.2, 0.25) is 0 Å². The number of hydrogen-bond acceptors (Lipinski definition) is 3. The van der Waals surface area contributed by atoms with E-state index in [1.54, 1.807) is 18.5 Å². The number of pyridine rings is 1. The average Bonchev–Trinajstić information content (AvgIpc) is 2.66. The SMILES string of the molecule is O=C1CC=Nc2c1ccn1ccnc21. The number of fused-ring (bicyclic) bond motifs is 3. The average molecular weight is 185 g/mol. The fourth-order valence-corrected chi connectivity index (χ4v) is 1.65. The lowest BCUT2D eigenvalue weighted by molar-refractivity contribution is 0.100. The van der Waals surface area contributed by atoms with E-state index in [-0.39, 0.29) is 5.78 Å². The molecule has 3 heterocycles. The highest BCUT2D eigenvalue weighted by Crippen LogP contribution is 2.27. The number of ketones is 1. The summed E-state index contributed by atoms with van der Waals surface area (Å²) in [7, 11) is 0. The summed E-state index contributed by atoms with van der Waals surface area (Å²) in [6, 6.07) is 1.79. The topological polar surface area (TPSA) is 46.7 Å². The molecular formula is C10H7N3O. The fraction of sp³-hybridized carbons (Fsp3) is 0.100. The molecule has 0 amide bonds. The molecule has 4 nitrogen and oxygen atoms in total. The maximum atomic E-state index is 11.5. The van der Waals surface area contributed by atoms with Crippen LogP contribution in [0, 0.1) is 0 Å². The number of aliphatic imine (C=N–C) groups is 1. The Morgan fingerprint density at radius 3 is 3.21 bits per heavy atom. The molecule has 0 bridgehead atoms. The third kappa shape index (κ3) is 0.849. The summed E-state index contributed by atoms with van der Waals surface area (Å²) in [5.41, 5.74) is 2.10. The van der Waals surface area contributed by atoms with Gasteiger partial charge in [0.05, 0.1) is 0 Å². The lowest BCUT2D eigenvalue weighted by atomic mass is 10.1. The number of aromatic nitrogens is 2. The van der Waals surface area contributed by atoms with Crippen molar-refractivity contribution in [1.82, 2.24) is 9.38 Å². The van der Waals surface area contributed by atoms with Crippen LogP contribution >= 0.6 is 0 Å². The molecule has 1 aliphatic heterocycles. The molecule has 0 aromatic carbocycles. The van der Waals surface area contributed by atoms with Crippen molar-refractivity contribution in [2.75, 3.05) is 0 Å². The quantitative estimate of drug-likeness (QED) is 0.626. The molecule has 0 saturated carbocycles. The zero-order valence-corrected chi connectivity index (χ0v) is 7.34.